The van der Waals surface area contributed by atoms with Gasteiger partial charge in [0.15, 0.2) is 0 Å². The number of rotatable bonds is 9. The Balaban J connectivity index is 1.14. The van der Waals surface area contributed by atoms with E-state index in [9.17, 15) is 13.2 Å². The van der Waals surface area contributed by atoms with Crippen molar-refractivity contribution >= 4 is 21.6 Å². The summed E-state index contributed by atoms with van der Waals surface area (Å²) >= 11 is 0. The molecule has 2 aromatic carbocycles. The molecule has 2 aromatic rings. The molecule has 0 saturated carbocycles. The van der Waals surface area contributed by atoms with E-state index in [1.165, 1.54) is 11.8 Å². The molecular weight excluding hydrogens is 426 g/mol. The van der Waals surface area contributed by atoms with Crippen molar-refractivity contribution in [3.05, 3.63) is 54.1 Å². The molecule has 1 saturated heterocycles. The first-order valence-electron chi connectivity index (χ1n) is 11.3. The number of benzene rings is 2. The second-order valence-corrected chi connectivity index (χ2v) is 10.2. The molecule has 0 N–H and O–H groups in total. The molecule has 0 unspecified atom stereocenters. The predicted molar refractivity (Wildman–Crippen MR) is 125 cm³/mol. The van der Waals surface area contributed by atoms with Crippen molar-refractivity contribution in [3.63, 3.8) is 0 Å². The van der Waals surface area contributed by atoms with Crippen LogP contribution in [0.15, 0.2) is 53.4 Å². The number of ether oxygens (including phenoxy) is 1. The zero-order valence-electron chi connectivity index (χ0n) is 18.6. The minimum Gasteiger partial charge on any atom is -0.497 e. The van der Waals surface area contributed by atoms with Gasteiger partial charge in [-0.25, -0.2) is 12.7 Å². The van der Waals surface area contributed by atoms with E-state index in [4.69, 9.17) is 4.74 Å². The van der Waals surface area contributed by atoms with Crippen LogP contribution in [0.4, 0.5) is 5.69 Å². The molecule has 0 aliphatic carbocycles. The molecule has 32 heavy (non-hydrogen) atoms. The number of carbonyl (C=O) groups excluding carboxylic acids is 1. The molecule has 8 heteroatoms. The summed E-state index contributed by atoms with van der Waals surface area (Å²) in [4.78, 5) is 17.5. The third kappa shape index (κ3) is 4.76. The van der Waals surface area contributed by atoms with E-state index in [0.29, 0.717) is 12.0 Å². The molecule has 2 heterocycles. The van der Waals surface area contributed by atoms with Gasteiger partial charge >= 0.3 is 0 Å². The van der Waals surface area contributed by atoms with E-state index in [1.807, 2.05) is 12.1 Å². The zero-order chi connectivity index (χ0) is 22.6. The summed E-state index contributed by atoms with van der Waals surface area (Å²) in [6, 6.07) is 14.7. The summed E-state index contributed by atoms with van der Waals surface area (Å²) in [7, 11) is -1.98. The molecule has 0 spiro atoms. The Hall–Kier alpha value is -2.58. The number of piperazine rings is 1. The summed E-state index contributed by atoms with van der Waals surface area (Å²) in [5, 5.41) is 0. The molecule has 172 valence electrons. The Bertz CT molecular complexity index is 1050. The summed E-state index contributed by atoms with van der Waals surface area (Å²) < 4.78 is 31.5. The van der Waals surface area contributed by atoms with Gasteiger partial charge in [-0.15, -0.1) is 0 Å². The van der Waals surface area contributed by atoms with Gasteiger partial charge < -0.3 is 9.64 Å². The zero-order valence-corrected chi connectivity index (χ0v) is 19.4. The lowest BCUT2D eigenvalue weighted by Gasteiger charge is -2.36. The van der Waals surface area contributed by atoms with Crippen molar-refractivity contribution < 1.29 is 17.9 Å². The van der Waals surface area contributed by atoms with Crippen molar-refractivity contribution in [1.29, 1.82) is 0 Å². The Kier molecular flexibility index (Phi) is 7.01. The van der Waals surface area contributed by atoms with Gasteiger partial charge in [0.2, 0.25) is 0 Å². The van der Waals surface area contributed by atoms with Crippen LogP contribution in [-0.2, 0) is 10.0 Å². The number of hydrogen-bond donors (Lipinski definition) is 0. The second-order valence-electron chi connectivity index (χ2n) is 8.32. The average molecular weight is 458 g/mol. The summed E-state index contributed by atoms with van der Waals surface area (Å²) in [6.07, 6.45) is 3.73. The van der Waals surface area contributed by atoms with Crippen LogP contribution in [0.1, 0.15) is 36.0 Å². The highest BCUT2D eigenvalue weighted by Crippen LogP contribution is 2.30. The molecule has 0 atom stereocenters. The van der Waals surface area contributed by atoms with Gasteiger partial charge in [0, 0.05) is 44.5 Å². The molecule has 0 aromatic heterocycles. The number of hydrogen-bond acceptors (Lipinski definition) is 6. The predicted octanol–water partition coefficient (Wildman–Crippen LogP) is 3.22. The van der Waals surface area contributed by atoms with E-state index in [2.05, 4.69) is 21.9 Å². The quantitative estimate of drug-likeness (QED) is 0.539. The number of amides is 1. The van der Waals surface area contributed by atoms with Crippen LogP contribution < -0.4 is 9.64 Å². The Labute approximate surface area is 190 Å². The third-order valence-corrected chi connectivity index (χ3v) is 8.13. The van der Waals surface area contributed by atoms with Crippen LogP contribution >= 0.6 is 0 Å². The van der Waals surface area contributed by atoms with E-state index in [-0.39, 0.29) is 11.4 Å². The number of fused-ring (bicyclic) bond motifs is 1. The topological polar surface area (TPSA) is 70.2 Å². The maximum absolute atomic E-state index is 12.6. The SMILES string of the molecule is COc1cccc(N2CCN(CCCCCCN3C(=O)c4ccccc4S3(=O)=O)CC2)c1. The first-order chi connectivity index (χ1) is 15.5. The molecule has 2 aliphatic heterocycles. The summed E-state index contributed by atoms with van der Waals surface area (Å²) in [5.74, 6) is 0.492. The fourth-order valence-corrected chi connectivity index (χ4v) is 6.04. The Morgan fingerprint density at radius 2 is 1.59 bits per heavy atom. The maximum atomic E-state index is 12.6. The van der Waals surface area contributed by atoms with Gasteiger partial charge in [-0.2, -0.15) is 0 Å². The lowest BCUT2D eigenvalue weighted by Crippen LogP contribution is -2.46. The van der Waals surface area contributed by atoms with E-state index < -0.39 is 15.9 Å². The van der Waals surface area contributed by atoms with Gasteiger partial charge in [-0.05, 0) is 43.7 Å². The molecule has 4 rings (SSSR count). The maximum Gasteiger partial charge on any atom is 0.269 e. The number of carbonyl (C=O) groups is 1. The Morgan fingerprint density at radius 1 is 0.875 bits per heavy atom. The van der Waals surface area contributed by atoms with Crippen molar-refractivity contribution in [2.24, 2.45) is 0 Å². The van der Waals surface area contributed by atoms with Crippen LogP contribution in [-0.4, -0.2) is 69.9 Å². The second kappa shape index (κ2) is 9.92. The largest absolute Gasteiger partial charge is 0.497 e. The number of methoxy groups -OCH3 is 1. The molecule has 7 nitrogen and oxygen atoms in total. The highest BCUT2D eigenvalue weighted by atomic mass is 32.2. The van der Waals surface area contributed by atoms with Crippen LogP contribution in [0.25, 0.3) is 0 Å². The highest BCUT2D eigenvalue weighted by Gasteiger charge is 2.40. The lowest BCUT2D eigenvalue weighted by atomic mass is 10.1. The Morgan fingerprint density at radius 3 is 2.31 bits per heavy atom. The first-order valence-corrected chi connectivity index (χ1v) is 12.7. The molecule has 0 bridgehead atoms. The smallest absolute Gasteiger partial charge is 0.269 e. The van der Waals surface area contributed by atoms with Crippen molar-refractivity contribution in [1.82, 2.24) is 9.21 Å². The molecule has 1 amide bonds. The standard InChI is InChI=1S/C24H31N3O4S/c1-31-21-10-8-9-20(19-21)26-17-15-25(16-18-26)13-6-2-3-7-14-27-24(28)22-11-4-5-12-23(22)32(27,29)30/h4-5,8-12,19H,2-3,6-7,13-18H2,1H3. The summed E-state index contributed by atoms with van der Waals surface area (Å²) in [6.45, 7) is 5.39. The fourth-order valence-electron chi connectivity index (χ4n) is 4.43. The number of unbranched alkanes of at least 4 members (excludes halogenated alkanes) is 3. The van der Waals surface area contributed by atoms with Crippen LogP contribution in [0.5, 0.6) is 5.75 Å². The molecular formula is C24H31N3O4S. The average Bonchev–Trinajstić information content (AvgIpc) is 3.02. The third-order valence-electron chi connectivity index (χ3n) is 6.29. The van der Waals surface area contributed by atoms with Crippen molar-refractivity contribution in [3.8, 4) is 5.75 Å². The minimum absolute atomic E-state index is 0.137. The number of sulfonamides is 1. The highest BCUT2D eigenvalue weighted by molar-refractivity contribution is 7.90. The normalized spacial score (nSPS) is 18.1. The number of anilines is 1. The van der Waals surface area contributed by atoms with Gasteiger partial charge in [-0.1, -0.05) is 31.0 Å². The van der Waals surface area contributed by atoms with Gasteiger partial charge in [0.05, 0.1) is 12.7 Å². The van der Waals surface area contributed by atoms with Crippen LogP contribution in [0, 0.1) is 0 Å². The molecule has 0 radical (unpaired) electrons. The van der Waals surface area contributed by atoms with Crippen molar-refractivity contribution in [2.75, 3.05) is 51.3 Å². The summed E-state index contributed by atoms with van der Waals surface area (Å²) in [5.41, 5.74) is 1.50. The first kappa shape index (κ1) is 22.6. The van der Waals surface area contributed by atoms with Crippen LogP contribution in [0.3, 0.4) is 0 Å². The van der Waals surface area contributed by atoms with E-state index in [1.54, 1.807) is 25.3 Å². The van der Waals surface area contributed by atoms with Gasteiger partial charge in [-0.3, -0.25) is 9.69 Å². The number of nitrogens with zero attached hydrogens (tertiary/aromatic N) is 3. The fraction of sp³-hybridized carbons (Fsp3) is 0.458. The van der Waals surface area contributed by atoms with Crippen LogP contribution in [0.2, 0.25) is 0 Å². The molecule has 1 fully saturated rings. The van der Waals surface area contributed by atoms with E-state index >= 15 is 0 Å². The van der Waals surface area contributed by atoms with Gasteiger partial charge in [0.25, 0.3) is 15.9 Å². The van der Waals surface area contributed by atoms with Crippen molar-refractivity contribution in [2.45, 2.75) is 30.6 Å². The molecule has 2 aliphatic rings. The van der Waals surface area contributed by atoms with E-state index in [0.717, 1.165) is 62.0 Å². The lowest BCUT2D eigenvalue weighted by molar-refractivity contribution is 0.0869. The van der Waals surface area contributed by atoms with Gasteiger partial charge in [0.1, 0.15) is 10.6 Å². The minimum atomic E-state index is -3.68. The monoisotopic (exact) mass is 457 g/mol.